The van der Waals surface area contributed by atoms with Crippen molar-refractivity contribution in [3.63, 3.8) is 0 Å². The number of benzene rings is 1. The average Bonchev–Trinajstić information content (AvgIpc) is 3.03. The predicted molar refractivity (Wildman–Crippen MR) is 72.6 cm³/mol. The van der Waals surface area contributed by atoms with Gasteiger partial charge >= 0.3 is 0 Å². The van der Waals surface area contributed by atoms with Gasteiger partial charge in [-0.15, -0.1) is 0 Å². The summed E-state index contributed by atoms with van der Waals surface area (Å²) in [6.45, 7) is 3.15. The van der Waals surface area contributed by atoms with E-state index in [9.17, 15) is 0 Å². The monoisotopic (exact) mass is 272 g/mol. The van der Waals surface area contributed by atoms with Gasteiger partial charge in [-0.25, -0.2) is 9.67 Å². The Kier molecular flexibility index (Phi) is 2.47. The Labute approximate surface area is 116 Å². The summed E-state index contributed by atoms with van der Waals surface area (Å²) < 4.78 is 12.6. The van der Waals surface area contributed by atoms with Crippen LogP contribution in [0.4, 0.5) is 0 Å². The fraction of sp³-hybridized carbons (Fsp3) is 0.429. The molecule has 0 aliphatic carbocycles. The van der Waals surface area contributed by atoms with E-state index in [4.69, 9.17) is 15.2 Å². The highest BCUT2D eigenvalue weighted by Gasteiger charge is 2.26. The highest BCUT2D eigenvalue weighted by Crippen LogP contribution is 2.35. The standard InChI is InChI=1S/C14H16N4O2/c1-8-4-10(15)6-18-14(8)16-13(17-18)9-2-3-11-12(5-9)20-7-19-11/h2-3,5,8,10H,4,6-7,15H2,1H3. The van der Waals surface area contributed by atoms with E-state index in [1.54, 1.807) is 0 Å². The molecule has 0 fully saturated rings. The van der Waals surface area contributed by atoms with Crippen LogP contribution in [0.3, 0.4) is 0 Å². The van der Waals surface area contributed by atoms with Crippen molar-refractivity contribution >= 4 is 0 Å². The van der Waals surface area contributed by atoms with E-state index in [1.165, 1.54) is 0 Å². The molecule has 0 spiro atoms. The maximum absolute atomic E-state index is 6.04. The summed E-state index contributed by atoms with van der Waals surface area (Å²) in [5.41, 5.74) is 6.98. The van der Waals surface area contributed by atoms with Crippen LogP contribution in [0.2, 0.25) is 0 Å². The SMILES string of the molecule is CC1CC(N)Cn2nc(-c3ccc4c(c3)OCO4)nc21. The van der Waals surface area contributed by atoms with Crippen LogP contribution in [0.25, 0.3) is 11.4 Å². The van der Waals surface area contributed by atoms with E-state index >= 15 is 0 Å². The third-order valence-corrected chi connectivity index (χ3v) is 3.84. The zero-order valence-corrected chi connectivity index (χ0v) is 11.2. The molecule has 1 aromatic carbocycles. The number of fused-ring (bicyclic) bond motifs is 2. The van der Waals surface area contributed by atoms with Crippen LogP contribution < -0.4 is 15.2 Å². The minimum atomic E-state index is 0.156. The lowest BCUT2D eigenvalue weighted by molar-refractivity contribution is 0.174. The Morgan fingerprint density at radius 2 is 2.15 bits per heavy atom. The first-order valence-corrected chi connectivity index (χ1v) is 6.81. The van der Waals surface area contributed by atoms with Crippen LogP contribution in [-0.4, -0.2) is 27.6 Å². The Hall–Kier alpha value is -2.08. The number of hydrogen-bond acceptors (Lipinski definition) is 5. The van der Waals surface area contributed by atoms with Crippen LogP contribution in [-0.2, 0) is 6.54 Å². The van der Waals surface area contributed by atoms with E-state index in [0.717, 1.165) is 41.7 Å². The third-order valence-electron chi connectivity index (χ3n) is 3.84. The smallest absolute Gasteiger partial charge is 0.231 e. The Morgan fingerprint density at radius 3 is 3.05 bits per heavy atom. The number of nitrogens with two attached hydrogens (primary N) is 1. The molecule has 2 atom stereocenters. The van der Waals surface area contributed by atoms with Crippen LogP contribution >= 0.6 is 0 Å². The summed E-state index contributed by atoms with van der Waals surface area (Å²) in [6.07, 6.45) is 0.958. The van der Waals surface area contributed by atoms with Gasteiger partial charge in [0.1, 0.15) is 5.82 Å². The quantitative estimate of drug-likeness (QED) is 0.851. The molecule has 0 bridgehead atoms. The number of nitrogens with zero attached hydrogens (tertiary/aromatic N) is 3. The zero-order chi connectivity index (χ0) is 13.7. The van der Waals surface area contributed by atoms with Gasteiger partial charge in [-0.3, -0.25) is 0 Å². The molecule has 6 nitrogen and oxygen atoms in total. The maximum Gasteiger partial charge on any atom is 0.231 e. The topological polar surface area (TPSA) is 75.2 Å². The van der Waals surface area contributed by atoms with Gasteiger partial charge < -0.3 is 15.2 Å². The lowest BCUT2D eigenvalue weighted by atomic mass is 9.98. The number of aromatic nitrogens is 3. The molecule has 4 rings (SSSR count). The Bertz CT molecular complexity index is 667. The lowest BCUT2D eigenvalue weighted by Gasteiger charge is -2.23. The van der Waals surface area contributed by atoms with E-state index in [1.807, 2.05) is 22.9 Å². The highest BCUT2D eigenvalue weighted by atomic mass is 16.7. The van der Waals surface area contributed by atoms with Crippen molar-refractivity contribution in [1.29, 1.82) is 0 Å². The second-order valence-corrected chi connectivity index (χ2v) is 5.44. The van der Waals surface area contributed by atoms with Gasteiger partial charge in [-0.1, -0.05) is 6.92 Å². The van der Waals surface area contributed by atoms with E-state index < -0.39 is 0 Å². The van der Waals surface area contributed by atoms with Crippen LogP contribution in [0, 0.1) is 0 Å². The first kappa shape index (κ1) is 11.7. The molecule has 104 valence electrons. The summed E-state index contributed by atoms with van der Waals surface area (Å²) in [5, 5.41) is 4.58. The van der Waals surface area contributed by atoms with Crippen LogP contribution in [0.1, 0.15) is 25.1 Å². The molecule has 0 radical (unpaired) electrons. The summed E-state index contributed by atoms with van der Waals surface area (Å²) in [7, 11) is 0. The molecular weight excluding hydrogens is 256 g/mol. The molecule has 1 aromatic heterocycles. The summed E-state index contributed by atoms with van der Waals surface area (Å²) in [4.78, 5) is 4.66. The lowest BCUT2D eigenvalue weighted by Crippen LogP contribution is -2.34. The molecular formula is C14H16N4O2. The summed E-state index contributed by atoms with van der Waals surface area (Å²) in [6, 6.07) is 5.93. The van der Waals surface area contributed by atoms with Crippen molar-refractivity contribution in [3.8, 4) is 22.9 Å². The molecule has 2 unspecified atom stereocenters. The molecule has 2 N–H and O–H groups in total. The van der Waals surface area contributed by atoms with Crippen molar-refractivity contribution in [2.24, 2.45) is 5.73 Å². The minimum Gasteiger partial charge on any atom is -0.454 e. The second-order valence-electron chi connectivity index (χ2n) is 5.44. The molecule has 0 saturated heterocycles. The predicted octanol–water partition coefficient (Wildman–Crippen LogP) is 1.51. The Morgan fingerprint density at radius 1 is 1.30 bits per heavy atom. The van der Waals surface area contributed by atoms with E-state index in [0.29, 0.717) is 5.92 Å². The van der Waals surface area contributed by atoms with E-state index in [-0.39, 0.29) is 12.8 Å². The molecule has 2 aliphatic heterocycles. The van der Waals surface area contributed by atoms with Crippen molar-refractivity contribution in [1.82, 2.24) is 14.8 Å². The van der Waals surface area contributed by atoms with E-state index in [2.05, 4.69) is 17.0 Å². The largest absolute Gasteiger partial charge is 0.454 e. The van der Waals surface area contributed by atoms with Crippen LogP contribution in [0.5, 0.6) is 11.5 Å². The first-order chi connectivity index (χ1) is 9.70. The van der Waals surface area contributed by atoms with Gasteiger partial charge in [0.25, 0.3) is 0 Å². The van der Waals surface area contributed by atoms with Gasteiger partial charge in [-0.05, 0) is 24.6 Å². The van der Waals surface area contributed by atoms with Crippen molar-refractivity contribution in [2.75, 3.05) is 6.79 Å². The molecule has 2 aliphatic rings. The fourth-order valence-electron chi connectivity index (χ4n) is 2.87. The Balaban J connectivity index is 1.75. The second kappa shape index (κ2) is 4.21. The third kappa shape index (κ3) is 1.76. The molecule has 3 heterocycles. The maximum atomic E-state index is 6.04. The van der Waals surface area contributed by atoms with Gasteiger partial charge in [0.05, 0.1) is 6.54 Å². The molecule has 2 aromatic rings. The normalized spacial score (nSPS) is 23.7. The first-order valence-electron chi connectivity index (χ1n) is 6.81. The highest BCUT2D eigenvalue weighted by molar-refractivity contribution is 5.61. The van der Waals surface area contributed by atoms with Gasteiger partial charge in [0, 0.05) is 17.5 Å². The van der Waals surface area contributed by atoms with Crippen molar-refractivity contribution < 1.29 is 9.47 Å². The summed E-state index contributed by atoms with van der Waals surface area (Å²) in [5.74, 6) is 3.60. The van der Waals surface area contributed by atoms with Crippen molar-refractivity contribution in [3.05, 3.63) is 24.0 Å². The average molecular weight is 272 g/mol. The van der Waals surface area contributed by atoms with Gasteiger partial charge in [0.15, 0.2) is 17.3 Å². The molecule has 0 amide bonds. The zero-order valence-electron chi connectivity index (χ0n) is 11.2. The molecule has 0 saturated carbocycles. The number of ether oxygens (including phenoxy) is 2. The van der Waals surface area contributed by atoms with Gasteiger partial charge in [-0.2, -0.15) is 5.10 Å². The fourth-order valence-corrected chi connectivity index (χ4v) is 2.87. The molecule has 6 heteroatoms. The van der Waals surface area contributed by atoms with Crippen LogP contribution in [0.15, 0.2) is 18.2 Å². The minimum absolute atomic E-state index is 0.156. The van der Waals surface area contributed by atoms with Crippen molar-refractivity contribution in [2.45, 2.75) is 31.8 Å². The molecule has 20 heavy (non-hydrogen) atoms. The number of hydrogen-bond donors (Lipinski definition) is 1. The number of rotatable bonds is 1. The van der Waals surface area contributed by atoms with Gasteiger partial charge in [0.2, 0.25) is 6.79 Å². The summed E-state index contributed by atoms with van der Waals surface area (Å²) >= 11 is 0.